The molecular formula is C18H14N4O. The van der Waals surface area contributed by atoms with Crippen LogP contribution in [0.15, 0.2) is 71.5 Å². The van der Waals surface area contributed by atoms with Crippen LogP contribution in [0.3, 0.4) is 0 Å². The van der Waals surface area contributed by atoms with Crippen LogP contribution in [-0.2, 0) is 0 Å². The van der Waals surface area contributed by atoms with Crippen LogP contribution in [0, 0.1) is 6.92 Å². The number of benzene rings is 2. The molecule has 0 unspecified atom stereocenters. The lowest BCUT2D eigenvalue weighted by Crippen LogP contribution is -1.96. The summed E-state index contributed by atoms with van der Waals surface area (Å²) in [5, 5.41) is 8.43. The van der Waals surface area contributed by atoms with Crippen LogP contribution in [0.2, 0.25) is 0 Å². The molecule has 0 atom stereocenters. The molecule has 0 saturated heterocycles. The third-order valence-electron chi connectivity index (χ3n) is 3.65. The SMILES string of the molecule is Cc1ccccc1-n1cc(-c2nc(-c3ccccc3)no2)cn1. The molecule has 0 aliphatic heterocycles. The Morgan fingerprint density at radius 2 is 1.70 bits per heavy atom. The lowest BCUT2D eigenvalue weighted by atomic mass is 10.2. The van der Waals surface area contributed by atoms with Crippen molar-refractivity contribution in [3.8, 4) is 28.5 Å². The minimum atomic E-state index is 0.462. The minimum Gasteiger partial charge on any atom is -0.333 e. The molecule has 0 amide bonds. The van der Waals surface area contributed by atoms with Gasteiger partial charge >= 0.3 is 0 Å². The molecule has 0 radical (unpaired) electrons. The third kappa shape index (κ3) is 2.53. The number of hydrogen-bond donors (Lipinski definition) is 0. The van der Waals surface area contributed by atoms with Gasteiger partial charge < -0.3 is 4.52 Å². The van der Waals surface area contributed by atoms with Gasteiger partial charge in [-0.15, -0.1) is 0 Å². The maximum atomic E-state index is 5.37. The summed E-state index contributed by atoms with van der Waals surface area (Å²) in [7, 11) is 0. The summed E-state index contributed by atoms with van der Waals surface area (Å²) in [6.45, 7) is 2.05. The Balaban J connectivity index is 1.68. The molecule has 112 valence electrons. The number of rotatable bonds is 3. The Labute approximate surface area is 133 Å². The molecule has 23 heavy (non-hydrogen) atoms. The molecule has 4 aromatic rings. The first kappa shape index (κ1) is 13.5. The molecule has 0 aliphatic carbocycles. The van der Waals surface area contributed by atoms with Gasteiger partial charge in [0.15, 0.2) is 0 Å². The fourth-order valence-corrected chi connectivity index (χ4v) is 2.43. The van der Waals surface area contributed by atoms with Crippen LogP contribution in [-0.4, -0.2) is 19.9 Å². The van der Waals surface area contributed by atoms with E-state index in [1.54, 1.807) is 6.20 Å². The van der Waals surface area contributed by atoms with E-state index in [-0.39, 0.29) is 0 Å². The molecule has 2 aromatic heterocycles. The average Bonchev–Trinajstić information content (AvgIpc) is 3.25. The highest BCUT2D eigenvalue weighted by molar-refractivity contribution is 5.59. The molecule has 2 heterocycles. The molecule has 0 aliphatic rings. The standard InChI is InChI=1S/C18H14N4O/c1-13-7-5-6-10-16(13)22-12-15(11-19-22)18-20-17(21-23-18)14-8-3-2-4-9-14/h2-12H,1H3. The Morgan fingerprint density at radius 3 is 2.52 bits per heavy atom. The summed E-state index contributed by atoms with van der Waals surface area (Å²) in [5.74, 6) is 1.04. The van der Waals surface area contributed by atoms with Gasteiger partial charge in [-0.2, -0.15) is 10.1 Å². The van der Waals surface area contributed by atoms with E-state index >= 15 is 0 Å². The maximum absolute atomic E-state index is 5.37. The monoisotopic (exact) mass is 302 g/mol. The van der Waals surface area contributed by atoms with Crippen LogP contribution < -0.4 is 0 Å². The average molecular weight is 302 g/mol. The van der Waals surface area contributed by atoms with Crippen molar-refractivity contribution in [2.45, 2.75) is 6.92 Å². The minimum absolute atomic E-state index is 0.462. The Hall–Kier alpha value is -3.21. The van der Waals surface area contributed by atoms with Gasteiger partial charge in [-0.3, -0.25) is 0 Å². The number of para-hydroxylation sites is 1. The van der Waals surface area contributed by atoms with E-state index in [1.807, 2.05) is 59.4 Å². The fraction of sp³-hybridized carbons (Fsp3) is 0.0556. The van der Waals surface area contributed by atoms with Gasteiger partial charge in [-0.05, 0) is 18.6 Å². The summed E-state index contributed by atoms with van der Waals surface area (Å²) >= 11 is 0. The van der Waals surface area contributed by atoms with Crippen LogP contribution in [0.25, 0.3) is 28.5 Å². The molecule has 5 heteroatoms. The van der Waals surface area contributed by atoms with Crippen molar-refractivity contribution in [3.05, 3.63) is 72.6 Å². The molecule has 0 bridgehead atoms. The third-order valence-corrected chi connectivity index (χ3v) is 3.65. The number of aryl methyl sites for hydroxylation is 1. The van der Waals surface area contributed by atoms with Gasteiger partial charge in [0.1, 0.15) is 0 Å². The highest BCUT2D eigenvalue weighted by Gasteiger charge is 2.13. The van der Waals surface area contributed by atoms with E-state index in [0.717, 1.165) is 22.4 Å². The smallest absolute Gasteiger partial charge is 0.261 e. The molecule has 0 spiro atoms. The van der Waals surface area contributed by atoms with E-state index in [9.17, 15) is 0 Å². The molecule has 5 nitrogen and oxygen atoms in total. The molecule has 0 N–H and O–H groups in total. The Kier molecular flexibility index (Phi) is 3.24. The van der Waals surface area contributed by atoms with Gasteiger partial charge in [0, 0.05) is 11.8 Å². The lowest BCUT2D eigenvalue weighted by molar-refractivity contribution is 0.432. The Morgan fingerprint density at radius 1 is 0.913 bits per heavy atom. The van der Waals surface area contributed by atoms with E-state index in [1.165, 1.54) is 0 Å². The predicted molar refractivity (Wildman–Crippen MR) is 87.0 cm³/mol. The van der Waals surface area contributed by atoms with E-state index < -0.39 is 0 Å². The topological polar surface area (TPSA) is 56.7 Å². The van der Waals surface area contributed by atoms with Crippen molar-refractivity contribution in [1.29, 1.82) is 0 Å². The first-order valence-electron chi connectivity index (χ1n) is 7.31. The summed E-state index contributed by atoms with van der Waals surface area (Å²) in [6, 6.07) is 17.8. The first-order chi connectivity index (χ1) is 11.3. The highest BCUT2D eigenvalue weighted by atomic mass is 16.5. The predicted octanol–water partition coefficient (Wildman–Crippen LogP) is 3.90. The second-order valence-electron chi connectivity index (χ2n) is 5.25. The zero-order chi connectivity index (χ0) is 15.6. The summed E-state index contributed by atoms with van der Waals surface area (Å²) in [4.78, 5) is 4.45. The molecule has 4 rings (SSSR count). The van der Waals surface area contributed by atoms with E-state index in [2.05, 4.69) is 28.2 Å². The van der Waals surface area contributed by atoms with Crippen molar-refractivity contribution < 1.29 is 4.52 Å². The van der Waals surface area contributed by atoms with E-state index in [0.29, 0.717) is 11.7 Å². The summed E-state index contributed by atoms with van der Waals surface area (Å²) < 4.78 is 7.19. The fourth-order valence-electron chi connectivity index (χ4n) is 2.43. The zero-order valence-electron chi connectivity index (χ0n) is 12.5. The van der Waals surface area contributed by atoms with Crippen molar-refractivity contribution in [1.82, 2.24) is 19.9 Å². The van der Waals surface area contributed by atoms with Crippen LogP contribution in [0.1, 0.15) is 5.56 Å². The molecule has 0 fully saturated rings. The summed E-state index contributed by atoms with van der Waals surface area (Å²) in [6.07, 6.45) is 3.62. The van der Waals surface area contributed by atoms with Crippen LogP contribution in [0.4, 0.5) is 0 Å². The van der Waals surface area contributed by atoms with Gasteiger partial charge in [0.25, 0.3) is 5.89 Å². The largest absolute Gasteiger partial charge is 0.333 e. The number of hydrogen-bond acceptors (Lipinski definition) is 4. The number of nitrogens with zero attached hydrogens (tertiary/aromatic N) is 4. The molecule has 0 saturated carbocycles. The van der Waals surface area contributed by atoms with Crippen LogP contribution in [0.5, 0.6) is 0 Å². The second kappa shape index (κ2) is 5.53. The second-order valence-corrected chi connectivity index (χ2v) is 5.25. The van der Waals surface area contributed by atoms with Gasteiger partial charge in [0.2, 0.25) is 5.82 Å². The van der Waals surface area contributed by atoms with Crippen LogP contribution >= 0.6 is 0 Å². The van der Waals surface area contributed by atoms with Gasteiger partial charge in [-0.25, -0.2) is 4.68 Å². The summed E-state index contributed by atoms with van der Waals surface area (Å²) in [5.41, 5.74) is 3.90. The first-order valence-corrected chi connectivity index (χ1v) is 7.31. The lowest BCUT2D eigenvalue weighted by Gasteiger charge is -2.03. The van der Waals surface area contributed by atoms with Crippen molar-refractivity contribution >= 4 is 0 Å². The molecular weight excluding hydrogens is 288 g/mol. The highest BCUT2D eigenvalue weighted by Crippen LogP contribution is 2.23. The van der Waals surface area contributed by atoms with Crippen molar-refractivity contribution in [2.24, 2.45) is 0 Å². The Bertz CT molecular complexity index is 940. The molecule has 2 aromatic carbocycles. The van der Waals surface area contributed by atoms with Gasteiger partial charge in [0.05, 0.1) is 17.4 Å². The van der Waals surface area contributed by atoms with E-state index in [4.69, 9.17) is 4.52 Å². The zero-order valence-corrected chi connectivity index (χ0v) is 12.5. The number of aromatic nitrogens is 4. The normalized spacial score (nSPS) is 10.8. The maximum Gasteiger partial charge on any atom is 0.261 e. The van der Waals surface area contributed by atoms with Crippen molar-refractivity contribution in [2.75, 3.05) is 0 Å². The van der Waals surface area contributed by atoms with Gasteiger partial charge in [-0.1, -0.05) is 53.7 Å². The van der Waals surface area contributed by atoms with Crippen molar-refractivity contribution in [3.63, 3.8) is 0 Å². The quantitative estimate of drug-likeness (QED) is 0.576.